The molecule has 8 atom stereocenters. The van der Waals surface area contributed by atoms with E-state index in [1.54, 1.807) is 0 Å². The van der Waals surface area contributed by atoms with Crippen LogP contribution in [0.4, 0.5) is 0 Å². The molecule has 1 aliphatic rings. The average molecular weight is 813 g/mol. The number of aliphatic hydroxyl groups is 2. The highest BCUT2D eigenvalue weighted by atomic mass is 16.4. The van der Waals surface area contributed by atoms with E-state index < -0.39 is 128 Å². The summed E-state index contributed by atoms with van der Waals surface area (Å²) in [7, 11) is 0. The number of H-pyrrole nitrogens is 1. The van der Waals surface area contributed by atoms with E-state index in [0.29, 0.717) is 25.0 Å². The van der Waals surface area contributed by atoms with Crippen molar-refractivity contribution in [1.29, 1.82) is 0 Å². The summed E-state index contributed by atoms with van der Waals surface area (Å²) in [6, 6.07) is -10.6. The fourth-order valence-electron chi connectivity index (χ4n) is 5.82. The normalized spacial score (nSPS) is 17.4. The van der Waals surface area contributed by atoms with Crippen molar-refractivity contribution in [3.63, 3.8) is 0 Å². The van der Waals surface area contributed by atoms with Crippen LogP contribution >= 0.6 is 0 Å². The molecule has 1 aliphatic heterocycles. The summed E-state index contributed by atoms with van der Waals surface area (Å²) in [6.45, 7) is 0.562. The molecule has 1 aromatic rings. The number of likely N-dealkylation sites (tertiary alicyclic amines) is 1. The summed E-state index contributed by atoms with van der Waals surface area (Å²) >= 11 is 0. The first-order valence-electron chi connectivity index (χ1n) is 18.1. The number of hydrogen-bond donors (Lipinski definition) is 13. The van der Waals surface area contributed by atoms with Gasteiger partial charge in [0.2, 0.25) is 35.4 Å². The van der Waals surface area contributed by atoms with Gasteiger partial charge in [-0.1, -0.05) is 0 Å². The lowest BCUT2D eigenvalue weighted by atomic mass is 10.0. The van der Waals surface area contributed by atoms with E-state index in [1.807, 2.05) is 0 Å². The topological polar surface area (TPSA) is 399 Å². The summed E-state index contributed by atoms with van der Waals surface area (Å²) < 4.78 is 0. The SMILES string of the molecule is C[C@@H](O)[C@H](NC(=O)[C@H](CCC(=O)O)NC(=O)[C@@H](N)CC(=O)O)C(=O)N[C@@H](Cc1cnc[nH]1)C(=O)N[C@@H](CCCCN)C(=O)N1CCC[C@H]1C(=O)N[C@@H](CO)C(=O)O. The first kappa shape index (κ1) is 47.4. The van der Waals surface area contributed by atoms with Crippen LogP contribution < -0.4 is 38.1 Å². The van der Waals surface area contributed by atoms with Crippen LogP contribution in [0.15, 0.2) is 12.5 Å². The van der Waals surface area contributed by atoms with Crippen molar-refractivity contribution >= 4 is 53.4 Å². The van der Waals surface area contributed by atoms with Gasteiger partial charge in [0.15, 0.2) is 0 Å². The molecule has 15 N–H and O–H groups in total. The van der Waals surface area contributed by atoms with Gasteiger partial charge in [-0.15, -0.1) is 0 Å². The molecule has 2 rings (SSSR count). The number of hydrogen-bond acceptors (Lipinski definition) is 14. The minimum absolute atomic E-state index is 0.0393. The van der Waals surface area contributed by atoms with E-state index >= 15 is 0 Å². The third-order valence-corrected chi connectivity index (χ3v) is 8.88. The number of nitrogens with one attached hydrogen (secondary N) is 6. The van der Waals surface area contributed by atoms with Crippen molar-refractivity contribution in [3.05, 3.63) is 18.2 Å². The summed E-state index contributed by atoms with van der Waals surface area (Å²) in [6.07, 6.45) is 0.114. The van der Waals surface area contributed by atoms with Crippen LogP contribution in [0.3, 0.4) is 0 Å². The number of aromatic amines is 1. The fourth-order valence-corrected chi connectivity index (χ4v) is 5.82. The molecule has 1 aromatic heterocycles. The van der Waals surface area contributed by atoms with Crippen LogP contribution in [0.5, 0.6) is 0 Å². The second kappa shape index (κ2) is 23.4. The molecule has 24 heteroatoms. The van der Waals surface area contributed by atoms with E-state index in [1.165, 1.54) is 17.4 Å². The van der Waals surface area contributed by atoms with E-state index in [-0.39, 0.29) is 32.4 Å². The van der Waals surface area contributed by atoms with Gasteiger partial charge in [-0.3, -0.25) is 38.4 Å². The smallest absolute Gasteiger partial charge is 0.328 e. The number of aliphatic carboxylic acids is 3. The molecule has 1 saturated heterocycles. The van der Waals surface area contributed by atoms with Crippen molar-refractivity contribution in [1.82, 2.24) is 41.5 Å². The molecule has 57 heavy (non-hydrogen) atoms. The molecule has 0 bridgehead atoms. The third-order valence-electron chi connectivity index (χ3n) is 8.88. The van der Waals surface area contributed by atoms with Gasteiger partial charge < -0.3 is 73.5 Å². The zero-order valence-corrected chi connectivity index (χ0v) is 31.2. The van der Waals surface area contributed by atoms with Crippen LogP contribution in [0, 0.1) is 0 Å². The van der Waals surface area contributed by atoms with Crippen molar-refractivity contribution in [3.8, 4) is 0 Å². The van der Waals surface area contributed by atoms with Crippen molar-refractivity contribution < 1.29 is 68.7 Å². The molecule has 0 saturated carbocycles. The Bertz CT molecular complexity index is 1580. The first-order chi connectivity index (χ1) is 26.9. The van der Waals surface area contributed by atoms with E-state index in [9.17, 15) is 58.5 Å². The van der Waals surface area contributed by atoms with Crippen LogP contribution in [-0.4, -0.2) is 162 Å². The summed E-state index contributed by atoms with van der Waals surface area (Å²) in [5.41, 5.74) is 11.5. The van der Waals surface area contributed by atoms with Gasteiger partial charge in [0, 0.05) is 31.3 Å². The molecule has 0 spiro atoms. The molecular weight excluding hydrogens is 760 g/mol. The van der Waals surface area contributed by atoms with Crippen LogP contribution in [0.1, 0.15) is 64.0 Å². The van der Waals surface area contributed by atoms with Gasteiger partial charge in [0.05, 0.1) is 31.5 Å². The Morgan fingerprint density at radius 3 is 2.07 bits per heavy atom. The van der Waals surface area contributed by atoms with Gasteiger partial charge in [0.25, 0.3) is 0 Å². The molecule has 1 fully saturated rings. The zero-order chi connectivity index (χ0) is 42.8. The number of carbonyl (C=O) groups excluding carboxylic acids is 6. The number of carboxylic acid groups (broad SMARTS) is 3. The number of carboxylic acids is 3. The maximum Gasteiger partial charge on any atom is 0.328 e. The zero-order valence-electron chi connectivity index (χ0n) is 31.2. The average Bonchev–Trinajstić information content (AvgIpc) is 3.85. The van der Waals surface area contributed by atoms with Gasteiger partial charge in [-0.2, -0.15) is 0 Å². The van der Waals surface area contributed by atoms with Crippen molar-refractivity contribution in [2.45, 2.75) is 113 Å². The Labute approximate surface area is 325 Å². The third kappa shape index (κ3) is 15.4. The van der Waals surface area contributed by atoms with E-state index in [4.69, 9.17) is 21.7 Å². The Morgan fingerprint density at radius 2 is 1.51 bits per heavy atom. The molecule has 0 aliphatic carbocycles. The highest BCUT2D eigenvalue weighted by molar-refractivity contribution is 5.97. The van der Waals surface area contributed by atoms with Crippen molar-refractivity contribution in [2.24, 2.45) is 11.5 Å². The minimum Gasteiger partial charge on any atom is -0.481 e. The number of nitrogens with two attached hydrogens (primary N) is 2. The van der Waals surface area contributed by atoms with E-state index in [0.717, 1.165) is 6.92 Å². The molecule has 2 heterocycles. The number of carbonyl (C=O) groups is 9. The molecule has 0 radical (unpaired) electrons. The number of amides is 6. The molecular formula is C33H52N10O14. The number of aromatic nitrogens is 2. The first-order valence-corrected chi connectivity index (χ1v) is 18.1. The second-order valence-electron chi connectivity index (χ2n) is 13.4. The van der Waals surface area contributed by atoms with Gasteiger partial charge in [-0.25, -0.2) is 9.78 Å². The van der Waals surface area contributed by atoms with Gasteiger partial charge in [0.1, 0.15) is 36.3 Å². The lowest BCUT2D eigenvalue weighted by Gasteiger charge is -2.31. The molecule has 318 valence electrons. The monoisotopic (exact) mass is 812 g/mol. The lowest BCUT2D eigenvalue weighted by molar-refractivity contribution is -0.146. The standard InChI is InChI=1S/C33H52N10O14/c1-16(45)26(42-28(51)19(7-8-24(46)47)38-27(50)18(35)12-25(48)49)31(54)40-21(11-17-13-36-15-37-17)29(52)39-20(5-2-3-9-34)32(55)43-10-4-6-23(43)30(53)41-22(14-44)33(56)57/h13,15-16,18-23,26,44-45H,2-12,14,34-35H2,1H3,(H,36,37)(H,38,50)(H,39,52)(H,40,54)(H,41,53)(H,42,51)(H,46,47)(H,48,49)(H,56,57)/t16-,18+,19+,20+,21+,22+,23+,26+/m1/s1. The number of rotatable bonds is 25. The van der Waals surface area contributed by atoms with Crippen LogP contribution in [-0.2, 0) is 49.6 Å². The molecule has 0 aromatic carbocycles. The number of nitrogens with zero attached hydrogens (tertiary/aromatic N) is 2. The number of unbranched alkanes of at least 4 members (excludes halogenated alkanes) is 1. The quantitative estimate of drug-likeness (QED) is 0.0410. The Balaban J connectivity index is 2.35. The van der Waals surface area contributed by atoms with E-state index in [2.05, 4.69) is 36.6 Å². The maximum absolute atomic E-state index is 13.9. The Morgan fingerprint density at radius 1 is 0.860 bits per heavy atom. The Kier molecular flexibility index (Phi) is 19.4. The second-order valence-corrected chi connectivity index (χ2v) is 13.4. The Hall–Kier alpha value is -5.72. The minimum atomic E-state index is -1.81. The van der Waals surface area contributed by atoms with Gasteiger partial charge in [-0.05, 0) is 52.0 Å². The number of imidazole rings is 1. The van der Waals surface area contributed by atoms with Crippen molar-refractivity contribution in [2.75, 3.05) is 19.7 Å². The molecule has 0 unspecified atom stereocenters. The summed E-state index contributed by atoms with van der Waals surface area (Å²) in [5.74, 6) is -10.1. The molecule has 24 nitrogen and oxygen atoms in total. The lowest BCUT2D eigenvalue weighted by Crippen LogP contribution is -2.62. The maximum atomic E-state index is 13.9. The van der Waals surface area contributed by atoms with Crippen LogP contribution in [0.2, 0.25) is 0 Å². The molecule has 6 amide bonds. The van der Waals surface area contributed by atoms with Crippen LogP contribution in [0.25, 0.3) is 0 Å². The van der Waals surface area contributed by atoms with Gasteiger partial charge >= 0.3 is 17.9 Å². The predicted octanol–water partition coefficient (Wildman–Crippen LogP) is -5.38. The highest BCUT2D eigenvalue weighted by Crippen LogP contribution is 2.20. The predicted molar refractivity (Wildman–Crippen MR) is 193 cm³/mol. The largest absolute Gasteiger partial charge is 0.481 e. The fraction of sp³-hybridized carbons (Fsp3) is 0.636. The highest BCUT2D eigenvalue weighted by Gasteiger charge is 2.40. The number of aliphatic hydroxyl groups excluding tert-OH is 2. The summed E-state index contributed by atoms with van der Waals surface area (Å²) in [5, 5.41) is 58.9. The summed E-state index contributed by atoms with van der Waals surface area (Å²) in [4.78, 5) is 122.